The lowest BCUT2D eigenvalue weighted by Gasteiger charge is -1.98. The van der Waals surface area contributed by atoms with Gasteiger partial charge in [-0.15, -0.1) is 0 Å². The van der Waals surface area contributed by atoms with E-state index in [0.717, 1.165) is 23.3 Å². The second-order valence-corrected chi connectivity index (χ2v) is 3.23. The van der Waals surface area contributed by atoms with Gasteiger partial charge < -0.3 is 0 Å². The number of allylic oxidation sites excluding steroid dienone is 1. The molecule has 1 heterocycles. The van der Waals surface area contributed by atoms with E-state index in [9.17, 15) is 4.39 Å². The largest absolute Gasteiger partial charge is 0.228 e. The van der Waals surface area contributed by atoms with Crippen LogP contribution in [0.5, 0.6) is 0 Å². The van der Waals surface area contributed by atoms with Gasteiger partial charge in [-0.05, 0) is 30.2 Å². The van der Waals surface area contributed by atoms with Gasteiger partial charge in [0, 0.05) is 12.3 Å². The summed E-state index contributed by atoms with van der Waals surface area (Å²) in [5, 5.41) is 0. The van der Waals surface area contributed by atoms with E-state index in [1.165, 1.54) is 12.3 Å². The summed E-state index contributed by atoms with van der Waals surface area (Å²) < 4.78 is 12.7. The number of hydrogen-bond donors (Lipinski definition) is 1. The van der Waals surface area contributed by atoms with Gasteiger partial charge in [-0.25, -0.2) is 4.98 Å². The highest BCUT2D eigenvalue weighted by atomic mass is 32.1. The van der Waals surface area contributed by atoms with Gasteiger partial charge in [0.15, 0.2) is 0 Å². The minimum Gasteiger partial charge on any atom is -0.228 e. The standard InChI is InChI=1S/C10H12FNS/c1-8-7-12-10(11)6-9(8)4-2-3-5-13/h2,4,6-7,13H,3,5H2,1H3. The molecule has 1 rings (SSSR count). The molecule has 1 nitrogen and oxygen atoms in total. The number of nitrogens with zero attached hydrogens (tertiary/aromatic N) is 1. The molecule has 0 spiro atoms. The minimum atomic E-state index is -0.434. The number of pyridine rings is 1. The Labute approximate surface area is 83.1 Å². The Morgan fingerprint density at radius 3 is 3.08 bits per heavy atom. The Hall–Kier alpha value is -0.830. The molecule has 1 aromatic heterocycles. The molecule has 0 radical (unpaired) electrons. The fourth-order valence-corrected chi connectivity index (χ4v) is 1.13. The first-order chi connectivity index (χ1) is 6.24. The Morgan fingerprint density at radius 2 is 2.38 bits per heavy atom. The van der Waals surface area contributed by atoms with Crippen LogP contribution in [0.15, 0.2) is 18.3 Å². The molecule has 0 bridgehead atoms. The lowest BCUT2D eigenvalue weighted by atomic mass is 10.1. The summed E-state index contributed by atoms with van der Waals surface area (Å²) in [6, 6.07) is 1.43. The summed E-state index contributed by atoms with van der Waals surface area (Å²) in [5.41, 5.74) is 1.87. The minimum absolute atomic E-state index is 0.434. The molecule has 1 aromatic rings. The van der Waals surface area contributed by atoms with E-state index in [1.54, 1.807) is 0 Å². The number of hydrogen-bond acceptors (Lipinski definition) is 2. The maximum absolute atomic E-state index is 12.7. The van der Waals surface area contributed by atoms with Crippen LogP contribution in [-0.4, -0.2) is 10.7 Å². The zero-order chi connectivity index (χ0) is 9.68. The van der Waals surface area contributed by atoms with E-state index in [0.29, 0.717) is 0 Å². The average Bonchev–Trinajstić information content (AvgIpc) is 2.11. The van der Waals surface area contributed by atoms with Crippen LogP contribution in [0.2, 0.25) is 0 Å². The van der Waals surface area contributed by atoms with Gasteiger partial charge >= 0.3 is 0 Å². The van der Waals surface area contributed by atoms with Gasteiger partial charge in [0.25, 0.3) is 0 Å². The third-order valence-corrected chi connectivity index (χ3v) is 1.96. The fraction of sp³-hybridized carbons (Fsp3) is 0.300. The third kappa shape index (κ3) is 3.19. The summed E-state index contributed by atoms with van der Waals surface area (Å²) in [6.45, 7) is 1.91. The number of aromatic nitrogens is 1. The summed E-state index contributed by atoms with van der Waals surface area (Å²) in [5.74, 6) is 0.374. The van der Waals surface area contributed by atoms with Gasteiger partial charge in [0.05, 0.1) is 0 Å². The predicted molar refractivity (Wildman–Crippen MR) is 56.4 cm³/mol. The number of thiol groups is 1. The smallest absolute Gasteiger partial charge is 0.213 e. The van der Waals surface area contributed by atoms with Crippen LogP contribution in [0.4, 0.5) is 4.39 Å². The van der Waals surface area contributed by atoms with Crippen LogP contribution in [0.1, 0.15) is 17.5 Å². The Bertz CT molecular complexity index is 310. The molecule has 3 heteroatoms. The van der Waals surface area contributed by atoms with Crippen molar-refractivity contribution in [2.24, 2.45) is 0 Å². The number of halogens is 1. The van der Waals surface area contributed by atoms with Gasteiger partial charge in [0.2, 0.25) is 5.95 Å². The fourth-order valence-electron chi connectivity index (χ4n) is 0.977. The summed E-state index contributed by atoms with van der Waals surface area (Å²) in [4.78, 5) is 3.55. The summed E-state index contributed by atoms with van der Waals surface area (Å²) in [7, 11) is 0. The molecule has 0 aliphatic rings. The quantitative estimate of drug-likeness (QED) is 0.580. The van der Waals surface area contributed by atoms with E-state index in [1.807, 2.05) is 19.1 Å². The normalized spacial score (nSPS) is 11.0. The van der Waals surface area contributed by atoms with E-state index in [2.05, 4.69) is 17.6 Å². The Kier molecular flexibility index (Phi) is 3.96. The van der Waals surface area contributed by atoms with Crippen molar-refractivity contribution >= 4 is 18.7 Å². The van der Waals surface area contributed by atoms with Gasteiger partial charge in [-0.1, -0.05) is 12.2 Å². The first kappa shape index (κ1) is 10.3. The number of rotatable bonds is 3. The van der Waals surface area contributed by atoms with Gasteiger partial charge in [-0.3, -0.25) is 0 Å². The maximum atomic E-state index is 12.7. The highest BCUT2D eigenvalue weighted by Crippen LogP contribution is 2.09. The summed E-state index contributed by atoms with van der Waals surface area (Å²) >= 11 is 4.08. The molecule has 0 saturated heterocycles. The van der Waals surface area contributed by atoms with Crippen molar-refractivity contribution < 1.29 is 4.39 Å². The first-order valence-electron chi connectivity index (χ1n) is 4.13. The van der Waals surface area contributed by atoms with E-state index in [4.69, 9.17) is 0 Å². The topological polar surface area (TPSA) is 12.9 Å². The molecule has 0 fully saturated rings. The monoisotopic (exact) mass is 197 g/mol. The first-order valence-corrected chi connectivity index (χ1v) is 4.77. The molecular formula is C10H12FNS. The number of aryl methyl sites for hydroxylation is 1. The molecule has 0 amide bonds. The molecule has 0 atom stereocenters. The molecule has 0 saturated carbocycles. The van der Waals surface area contributed by atoms with E-state index < -0.39 is 5.95 Å². The average molecular weight is 197 g/mol. The maximum Gasteiger partial charge on any atom is 0.213 e. The molecule has 13 heavy (non-hydrogen) atoms. The van der Waals surface area contributed by atoms with Crippen molar-refractivity contribution in [3.63, 3.8) is 0 Å². The van der Waals surface area contributed by atoms with Crippen molar-refractivity contribution in [2.75, 3.05) is 5.75 Å². The van der Waals surface area contributed by atoms with Crippen LogP contribution >= 0.6 is 12.6 Å². The molecular weight excluding hydrogens is 185 g/mol. The second-order valence-electron chi connectivity index (χ2n) is 2.78. The zero-order valence-electron chi connectivity index (χ0n) is 7.50. The highest BCUT2D eigenvalue weighted by molar-refractivity contribution is 7.80. The highest BCUT2D eigenvalue weighted by Gasteiger charge is 1.96. The molecule has 0 aliphatic heterocycles. The van der Waals surface area contributed by atoms with Gasteiger partial charge in [0.1, 0.15) is 0 Å². The van der Waals surface area contributed by atoms with Crippen molar-refractivity contribution in [3.8, 4) is 0 Å². The lowest BCUT2D eigenvalue weighted by Crippen LogP contribution is -1.87. The molecule has 0 N–H and O–H groups in total. The molecule has 0 aliphatic carbocycles. The van der Waals surface area contributed by atoms with Crippen LogP contribution < -0.4 is 0 Å². The van der Waals surface area contributed by atoms with Gasteiger partial charge in [-0.2, -0.15) is 17.0 Å². The van der Waals surface area contributed by atoms with Crippen molar-refractivity contribution in [2.45, 2.75) is 13.3 Å². The van der Waals surface area contributed by atoms with Crippen LogP contribution in [-0.2, 0) is 0 Å². The second kappa shape index (κ2) is 5.02. The zero-order valence-corrected chi connectivity index (χ0v) is 8.39. The van der Waals surface area contributed by atoms with Crippen LogP contribution in [0, 0.1) is 12.9 Å². The lowest BCUT2D eigenvalue weighted by molar-refractivity contribution is 0.582. The van der Waals surface area contributed by atoms with Crippen molar-refractivity contribution in [1.29, 1.82) is 0 Å². The van der Waals surface area contributed by atoms with E-state index in [-0.39, 0.29) is 0 Å². The molecule has 0 aromatic carbocycles. The molecule has 0 unspecified atom stereocenters. The van der Waals surface area contributed by atoms with E-state index >= 15 is 0 Å². The predicted octanol–water partition coefficient (Wildman–Crippen LogP) is 2.86. The SMILES string of the molecule is Cc1cnc(F)cc1C=CCCS. The van der Waals surface area contributed by atoms with Crippen LogP contribution in [0.25, 0.3) is 6.08 Å². The summed E-state index contributed by atoms with van der Waals surface area (Å²) in [6.07, 6.45) is 6.31. The van der Waals surface area contributed by atoms with Crippen molar-refractivity contribution in [1.82, 2.24) is 4.98 Å². The Balaban J connectivity index is 2.81. The third-order valence-electron chi connectivity index (χ3n) is 1.70. The van der Waals surface area contributed by atoms with Crippen LogP contribution in [0.3, 0.4) is 0 Å². The molecule has 70 valence electrons. The Morgan fingerprint density at radius 1 is 1.62 bits per heavy atom. The van der Waals surface area contributed by atoms with Crippen molar-refractivity contribution in [3.05, 3.63) is 35.4 Å².